The third kappa shape index (κ3) is 21.5. The smallest absolute Gasteiger partial charge is 0.421 e. The van der Waals surface area contributed by atoms with Gasteiger partial charge in [-0.3, -0.25) is 0 Å². The van der Waals surface area contributed by atoms with Crippen LogP contribution in [0.15, 0.2) is 72.6 Å². The maximum atomic E-state index is 12.4. The van der Waals surface area contributed by atoms with Crippen molar-refractivity contribution in [3.8, 4) is 0 Å². The average molecular weight is 1400 g/mol. The zero-order valence-corrected chi connectivity index (χ0v) is 48.6. The monoisotopic (exact) mass is 1400 g/mol. The Kier molecular flexibility index (Phi) is 23.7. The standard InChI is InChI=1S/2C21H25F6N2.2C2F6NO4S2/c2*1-19(2)17-13-28(9-3-7-20(22,23)24)11-5-15(17)16-6-12-29(14-18(16)19)10-4-8-21(25,26)27;2*3-1(4,5)14(10,11)9-15(12,13)2(6,7)8/h2*5-6,11,13-14H,3-4,7-10,12H2,1-2H3;;/q2*+1;2*-1. The van der Waals surface area contributed by atoms with Gasteiger partial charge in [-0.2, -0.15) is 105 Å². The van der Waals surface area contributed by atoms with E-state index in [0.29, 0.717) is 26.2 Å². The zero-order valence-electron chi connectivity index (χ0n) is 45.3. The summed E-state index contributed by atoms with van der Waals surface area (Å²) in [5, 5.41) is 0. The lowest BCUT2D eigenvalue weighted by atomic mass is 9.82. The van der Waals surface area contributed by atoms with Crippen LogP contribution in [0, 0.1) is 0 Å². The minimum absolute atomic E-state index is 0.0196. The zero-order chi connectivity index (χ0) is 68.3. The molecule has 504 valence electrons. The van der Waals surface area contributed by atoms with Crippen molar-refractivity contribution in [3.63, 3.8) is 0 Å². The van der Waals surface area contributed by atoms with E-state index >= 15 is 0 Å². The normalized spacial score (nSPS) is 17.3. The number of rotatable bonds is 16. The summed E-state index contributed by atoms with van der Waals surface area (Å²) in [7, 11) is -26.9. The number of halogens is 24. The first-order valence-electron chi connectivity index (χ1n) is 24.6. The molecule has 0 saturated carbocycles. The van der Waals surface area contributed by atoms with Crippen LogP contribution >= 0.6 is 0 Å². The molecule has 88 heavy (non-hydrogen) atoms. The molecule has 2 aliphatic heterocycles. The van der Waals surface area contributed by atoms with E-state index in [1.165, 1.54) is 0 Å². The van der Waals surface area contributed by atoms with Crippen molar-refractivity contribution in [3.05, 3.63) is 103 Å². The van der Waals surface area contributed by atoms with Crippen LogP contribution in [0.4, 0.5) is 105 Å². The fourth-order valence-electron chi connectivity index (χ4n) is 8.49. The number of hydrogen-bond acceptors (Lipinski definition) is 10. The highest BCUT2D eigenvalue weighted by atomic mass is 32.3. The molecule has 0 radical (unpaired) electrons. The molecule has 14 nitrogen and oxygen atoms in total. The van der Waals surface area contributed by atoms with Crippen LogP contribution in [-0.4, -0.2) is 116 Å². The SMILES string of the molecule is CC1(C)C2=CN(CCCC(F)(F)F)CC=C2c2cc[n+](CCCC(F)(F)F)cc21.CC1(C)C2=CN(CCCC(F)(F)F)CC=C2c2cc[n+](CCCC(F)(F)F)cc21.O=S(=O)([N-]S(=O)(=O)C(F)(F)F)C(F)(F)F.O=S(=O)([N-]S(=O)(=O)C(F)(F)F)C(F)(F)F. The highest BCUT2D eigenvalue weighted by molar-refractivity contribution is 8.13. The minimum atomic E-state index is -6.72. The molecule has 2 aliphatic carbocycles. The quantitative estimate of drug-likeness (QED) is 0.116. The van der Waals surface area contributed by atoms with Gasteiger partial charge < -0.3 is 18.1 Å². The van der Waals surface area contributed by atoms with Crippen LogP contribution in [0.3, 0.4) is 0 Å². The number of allylic oxidation sites excluding steroid dienone is 4. The van der Waals surface area contributed by atoms with Gasteiger partial charge in [0.25, 0.3) is 0 Å². The maximum absolute atomic E-state index is 12.4. The van der Waals surface area contributed by atoms with E-state index in [2.05, 4.69) is 0 Å². The predicted molar refractivity (Wildman–Crippen MR) is 262 cm³/mol. The Labute approximate surface area is 486 Å². The van der Waals surface area contributed by atoms with Gasteiger partial charge in [0.05, 0.1) is 0 Å². The third-order valence-electron chi connectivity index (χ3n) is 12.7. The van der Waals surface area contributed by atoms with Crippen LogP contribution < -0.4 is 9.13 Å². The molecule has 0 unspecified atom stereocenters. The Morgan fingerprint density at radius 1 is 0.420 bits per heavy atom. The summed E-state index contributed by atoms with van der Waals surface area (Å²) >= 11 is 0. The first-order chi connectivity index (χ1) is 39.1. The van der Waals surface area contributed by atoms with E-state index in [4.69, 9.17) is 0 Å². The summed E-state index contributed by atoms with van der Waals surface area (Å²) in [5.41, 5.74) is -17.2. The number of alkyl halides is 24. The van der Waals surface area contributed by atoms with Crippen LogP contribution in [0.2, 0.25) is 0 Å². The molecular weight excluding hydrogens is 1350 g/mol. The largest absolute Gasteiger partial charge is 0.480 e. The Bertz CT molecular complexity index is 3090. The molecule has 4 aliphatic rings. The molecule has 42 heteroatoms. The molecule has 4 heterocycles. The first-order valence-corrected chi connectivity index (χ1v) is 30.3. The van der Waals surface area contributed by atoms with Gasteiger partial charge in [-0.1, -0.05) is 39.8 Å². The van der Waals surface area contributed by atoms with Crippen LogP contribution in [0.1, 0.15) is 101 Å². The predicted octanol–water partition coefficient (Wildman–Crippen LogP) is 13.2. The van der Waals surface area contributed by atoms with E-state index in [9.17, 15) is 139 Å². The molecule has 0 N–H and O–H groups in total. The molecule has 0 saturated heterocycles. The van der Waals surface area contributed by atoms with Crippen LogP contribution in [0.25, 0.3) is 19.4 Å². The highest BCUT2D eigenvalue weighted by Crippen LogP contribution is 2.52. The Hall–Kier alpha value is -5.10. The molecule has 2 aromatic rings. The van der Waals surface area contributed by atoms with Gasteiger partial charge in [0, 0.05) is 111 Å². The van der Waals surface area contributed by atoms with Crippen molar-refractivity contribution in [1.29, 1.82) is 0 Å². The fraction of sp³-hybridized carbons (Fsp3) is 0.609. The van der Waals surface area contributed by atoms with Crippen molar-refractivity contribution < 1.29 is 148 Å². The Balaban J connectivity index is 0.000000323. The fourth-order valence-corrected chi connectivity index (χ4v) is 11.9. The van der Waals surface area contributed by atoms with Crippen LogP contribution in [-0.2, 0) is 64.0 Å². The summed E-state index contributed by atoms with van der Waals surface area (Å²) in [6.07, 6.45) is -4.36. The van der Waals surface area contributed by atoms with Gasteiger partial charge in [0.1, 0.15) is 13.1 Å². The van der Waals surface area contributed by atoms with Gasteiger partial charge in [-0.15, -0.1) is 0 Å². The molecule has 0 spiro atoms. The number of sulfonamides is 4. The van der Waals surface area contributed by atoms with Gasteiger partial charge >= 0.3 is 46.7 Å². The summed E-state index contributed by atoms with van der Waals surface area (Å²) in [5.74, 6) is 0. The van der Waals surface area contributed by atoms with Crippen molar-refractivity contribution in [2.45, 2.75) is 150 Å². The second kappa shape index (κ2) is 27.0. The molecular formula is C46H50F24N6O8S4. The number of pyridine rings is 2. The second-order valence-corrected chi connectivity index (χ2v) is 27.1. The number of hydrogen-bond donors (Lipinski definition) is 0. The van der Waals surface area contributed by atoms with E-state index in [1.54, 1.807) is 21.5 Å². The molecule has 0 amide bonds. The van der Waals surface area contributed by atoms with Crippen molar-refractivity contribution in [2.75, 3.05) is 26.2 Å². The lowest BCUT2D eigenvalue weighted by molar-refractivity contribution is -0.698. The lowest BCUT2D eigenvalue weighted by Crippen LogP contribution is -2.35. The lowest BCUT2D eigenvalue weighted by Gasteiger charge is -2.29. The summed E-state index contributed by atoms with van der Waals surface area (Å²) in [6.45, 7) is 10.5. The maximum Gasteiger partial charge on any atom is 0.480 e. The van der Waals surface area contributed by atoms with E-state index in [1.807, 2.05) is 86.6 Å². The van der Waals surface area contributed by atoms with Gasteiger partial charge in [0.2, 0.25) is 0 Å². The van der Waals surface area contributed by atoms with Crippen molar-refractivity contribution in [1.82, 2.24) is 9.80 Å². The highest BCUT2D eigenvalue weighted by Gasteiger charge is 2.49. The molecule has 0 bridgehead atoms. The van der Waals surface area contributed by atoms with Gasteiger partial charge in [0.15, 0.2) is 64.9 Å². The van der Waals surface area contributed by atoms with Crippen LogP contribution in [0.5, 0.6) is 0 Å². The second-order valence-electron chi connectivity index (χ2n) is 20.3. The Morgan fingerprint density at radius 3 is 0.909 bits per heavy atom. The summed E-state index contributed by atoms with van der Waals surface area (Å²) in [4.78, 5) is 3.80. The molecule has 0 aromatic carbocycles. The number of fused-ring (bicyclic) bond motifs is 6. The summed E-state index contributed by atoms with van der Waals surface area (Å²) in [6, 6.07) is 3.85. The van der Waals surface area contributed by atoms with E-state index < -0.39 is 113 Å². The average Bonchev–Trinajstić information content (AvgIpc) is 1.82. The number of aromatic nitrogens is 2. The van der Waals surface area contributed by atoms with Gasteiger partial charge in [-0.05, 0) is 46.3 Å². The third-order valence-corrected chi connectivity index (χ3v) is 18.2. The minimum Gasteiger partial charge on any atom is -0.421 e. The van der Waals surface area contributed by atoms with Crippen molar-refractivity contribution in [2.24, 2.45) is 0 Å². The van der Waals surface area contributed by atoms with Crippen molar-refractivity contribution >= 4 is 51.2 Å². The number of nitrogens with zero attached hydrogens (tertiary/aromatic N) is 6. The van der Waals surface area contributed by atoms with E-state index in [0.717, 1.165) is 52.8 Å². The molecule has 6 rings (SSSR count). The first kappa shape index (κ1) is 77.1. The molecule has 2 aromatic heterocycles. The van der Waals surface area contributed by atoms with Gasteiger partial charge in [-0.25, -0.2) is 42.8 Å². The number of aryl methyl sites for hydroxylation is 2. The summed E-state index contributed by atoms with van der Waals surface area (Å²) < 4.78 is 371. The topological polar surface area (TPSA) is 179 Å². The molecule has 0 atom stereocenters. The Morgan fingerprint density at radius 2 is 0.670 bits per heavy atom. The van der Waals surface area contributed by atoms with E-state index in [-0.39, 0.29) is 49.6 Å². The molecule has 0 fully saturated rings.